The monoisotopic (exact) mass is 282 g/mol. The molecule has 1 N–H and O–H groups in total. The van der Waals surface area contributed by atoms with E-state index in [1.165, 1.54) is 23.9 Å². The molecule has 92 valence electrons. The molecule has 0 amide bonds. The van der Waals surface area contributed by atoms with Gasteiger partial charge in [-0.2, -0.15) is 0 Å². The lowest BCUT2D eigenvalue weighted by Gasteiger charge is -2.07. The van der Waals surface area contributed by atoms with E-state index in [-0.39, 0.29) is 5.56 Å². The molecule has 2 aromatic carbocycles. The number of carboxylic acids is 1. The maximum absolute atomic E-state index is 13.0. The molecule has 0 saturated heterocycles. The maximum atomic E-state index is 13.0. The molecule has 0 aliphatic heterocycles. The van der Waals surface area contributed by atoms with Crippen molar-refractivity contribution in [2.45, 2.75) is 9.79 Å². The van der Waals surface area contributed by atoms with E-state index < -0.39 is 11.8 Å². The number of aromatic carboxylic acids is 1. The summed E-state index contributed by atoms with van der Waals surface area (Å²) in [6.45, 7) is 0. The van der Waals surface area contributed by atoms with Crippen LogP contribution in [0.2, 0.25) is 5.02 Å². The molecule has 0 fully saturated rings. The average Bonchev–Trinajstić information content (AvgIpc) is 2.34. The number of rotatable bonds is 3. The predicted molar refractivity (Wildman–Crippen MR) is 68.9 cm³/mol. The highest BCUT2D eigenvalue weighted by atomic mass is 35.5. The Morgan fingerprint density at radius 2 is 1.89 bits per heavy atom. The van der Waals surface area contributed by atoms with Gasteiger partial charge in [0.05, 0.1) is 10.6 Å². The molecule has 2 nitrogen and oxygen atoms in total. The number of halogens is 2. The highest BCUT2D eigenvalue weighted by molar-refractivity contribution is 7.99. The molecular formula is C13H8ClFO2S. The van der Waals surface area contributed by atoms with Gasteiger partial charge in [0.15, 0.2) is 0 Å². The molecule has 0 spiro atoms. The van der Waals surface area contributed by atoms with Gasteiger partial charge in [0, 0.05) is 9.79 Å². The highest BCUT2D eigenvalue weighted by Gasteiger charge is 2.13. The Hall–Kier alpha value is -1.52. The summed E-state index contributed by atoms with van der Waals surface area (Å²) in [5.74, 6) is -1.74. The quantitative estimate of drug-likeness (QED) is 0.910. The van der Waals surface area contributed by atoms with Gasteiger partial charge in [0.25, 0.3) is 0 Å². The van der Waals surface area contributed by atoms with Gasteiger partial charge in [-0.3, -0.25) is 0 Å². The van der Waals surface area contributed by atoms with Crippen LogP contribution in [0.1, 0.15) is 10.4 Å². The molecule has 2 aromatic rings. The lowest BCUT2D eigenvalue weighted by Crippen LogP contribution is -1.99. The number of carboxylic acid groups (broad SMARTS) is 1. The molecule has 0 unspecified atom stereocenters. The molecule has 18 heavy (non-hydrogen) atoms. The van der Waals surface area contributed by atoms with Gasteiger partial charge in [0.1, 0.15) is 5.82 Å². The minimum Gasteiger partial charge on any atom is -0.478 e. The van der Waals surface area contributed by atoms with E-state index in [9.17, 15) is 9.18 Å². The third-order valence-electron chi connectivity index (χ3n) is 2.23. The van der Waals surface area contributed by atoms with Gasteiger partial charge < -0.3 is 5.11 Å². The van der Waals surface area contributed by atoms with Gasteiger partial charge in [-0.25, -0.2) is 9.18 Å². The normalized spacial score (nSPS) is 10.3. The standard InChI is InChI=1S/C13H8ClFO2S/c14-10-3-1-2-4-12(10)18-11-6-5-8(15)7-9(11)13(16)17/h1-7H,(H,16,17). The van der Waals surface area contributed by atoms with Crippen LogP contribution in [0.25, 0.3) is 0 Å². The summed E-state index contributed by atoms with van der Waals surface area (Å²) in [7, 11) is 0. The first-order valence-corrected chi connectivity index (χ1v) is 6.22. The third-order valence-corrected chi connectivity index (χ3v) is 3.82. The Balaban J connectivity index is 2.41. The van der Waals surface area contributed by atoms with Crippen molar-refractivity contribution >= 4 is 29.3 Å². The van der Waals surface area contributed by atoms with Crippen LogP contribution in [-0.4, -0.2) is 11.1 Å². The predicted octanol–water partition coefficient (Wildman–Crippen LogP) is 4.33. The van der Waals surface area contributed by atoms with Crippen molar-refractivity contribution in [3.63, 3.8) is 0 Å². The first-order chi connectivity index (χ1) is 8.58. The molecule has 0 aliphatic carbocycles. The van der Waals surface area contributed by atoms with Crippen molar-refractivity contribution in [2.75, 3.05) is 0 Å². The fourth-order valence-electron chi connectivity index (χ4n) is 1.40. The maximum Gasteiger partial charge on any atom is 0.336 e. The largest absolute Gasteiger partial charge is 0.478 e. The second-order valence-electron chi connectivity index (χ2n) is 3.48. The van der Waals surface area contributed by atoms with Crippen LogP contribution in [-0.2, 0) is 0 Å². The number of benzene rings is 2. The zero-order valence-electron chi connectivity index (χ0n) is 9.06. The molecular weight excluding hydrogens is 275 g/mol. The van der Waals surface area contributed by atoms with E-state index in [0.717, 1.165) is 11.0 Å². The second-order valence-corrected chi connectivity index (χ2v) is 4.97. The first-order valence-electron chi connectivity index (χ1n) is 5.03. The molecule has 0 radical (unpaired) electrons. The van der Waals surface area contributed by atoms with E-state index in [2.05, 4.69) is 0 Å². The van der Waals surface area contributed by atoms with Crippen LogP contribution < -0.4 is 0 Å². The van der Waals surface area contributed by atoms with Gasteiger partial charge in [-0.1, -0.05) is 35.5 Å². The Kier molecular flexibility index (Phi) is 3.89. The third kappa shape index (κ3) is 2.83. The van der Waals surface area contributed by atoms with Gasteiger partial charge in [-0.05, 0) is 30.3 Å². The number of carbonyl (C=O) groups is 1. The SMILES string of the molecule is O=C(O)c1cc(F)ccc1Sc1ccccc1Cl. The molecule has 0 bridgehead atoms. The van der Waals surface area contributed by atoms with E-state index >= 15 is 0 Å². The van der Waals surface area contributed by atoms with E-state index in [1.807, 2.05) is 0 Å². The molecule has 5 heteroatoms. The summed E-state index contributed by atoms with van der Waals surface area (Å²) in [6.07, 6.45) is 0. The Labute approximate surface area is 112 Å². The van der Waals surface area contributed by atoms with Crippen LogP contribution in [0.15, 0.2) is 52.3 Å². The molecule has 0 aromatic heterocycles. The van der Waals surface area contributed by atoms with Crippen molar-refractivity contribution in [2.24, 2.45) is 0 Å². The van der Waals surface area contributed by atoms with Crippen molar-refractivity contribution in [3.05, 3.63) is 58.9 Å². The number of hydrogen-bond donors (Lipinski definition) is 1. The Bertz CT molecular complexity index is 601. The molecule has 0 heterocycles. The number of hydrogen-bond acceptors (Lipinski definition) is 2. The van der Waals surface area contributed by atoms with E-state index in [4.69, 9.17) is 16.7 Å². The average molecular weight is 283 g/mol. The fraction of sp³-hybridized carbons (Fsp3) is 0. The smallest absolute Gasteiger partial charge is 0.336 e. The van der Waals surface area contributed by atoms with Crippen LogP contribution in [0, 0.1) is 5.82 Å². The summed E-state index contributed by atoms with van der Waals surface area (Å²) in [5, 5.41) is 9.56. The second kappa shape index (κ2) is 5.42. The van der Waals surface area contributed by atoms with E-state index in [1.54, 1.807) is 24.3 Å². The first kappa shape index (κ1) is 12.9. The topological polar surface area (TPSA) is 37.3 Å². The highest BCUT2D eigenvalue weighted by Crippen LogP contribution is 2.35. The summed E-state index contributed by atoms with van der Waals surface area (Å²) in [5.41, 5.74) is -0.0695. The Morgan fingerprint density at radius 1 is 1.17 bits per heavy atom. The van der Waals surface area contributed by atoms with Crippen molar-refractivity contribution < 1.29 is 14.3 Å². The van der Waals surface area contributed by atoms with Gasteiger partial charge in [-0.15, -0.1) is 0 Å². The van der Waals surface area contributed by atoms with Gasteiger partial charge >= 0.3 is 5.97 Å². The summed E-state index contributed by atoms with van der Waals surface area (Å²) in [4.78, 5) is 12.2. The molecule has 2 rings (SSSR count). The fourth-order valence-corrected chi connectivity index (χ4v) is 2.60. The zero-order valence-corrected chi connectivity index (χ0v) is 10.6. The zero-order chi connectivity index (χ0) is 13.1. The van der Waals surface area contributed by atoms with Crippen LogP contribution in [0.4, 0.5) is 4.39 Å². The summed E-state index contributed by atoms with van der Waals surface area (Å²) >= 11 is 7.19. The lowest BCUT2D eigenvalue weighted by molar-refractivity contribution is 0.0692. The van der Waals surface area contributed by atoms with Crippen LogP contribution in [0.5, 0.6) is 0 Å². The van der Waals surface area contributed by atoms with Gasteiger partial charge in [0.2, 0.25) is 0 Å². The molecule has 0 aliphatic rings. The molecule has 0 saturated carbocycles. The minimum absolute atomic E-state index is 0.0695. The molecule has 0 atom stereocenters. The van der Waals surface area contributed by atoms with E-state index in [0.29, 0.717) is 9.92 Å². The minimum atomic E-state index is -1.16. The van der Waals surface area contributed by atoms with Crippen molar-refractivity contribution in [1.82, 2.24) is 0 Å². The van der Waals surface area contributed by atoms with Crippen molar-refractivity contribution in [1.29, 1.82) is 0 Å². The lowest BCUT2D eigenvalue weighted by atomic mass is 10.2. The Morgan fingerprint density at radius 3 is 2.56 bits per heavy atom. The van der Waals surface area contributed by atoms with Crippen molar-refractivity contribution in [3.8, 4) is 0 Å². The summed E-state index contributed by atoms with van der Waals surface area (Å²) < 4.78 is 13.0. The van der Waals surface area contributed by atoms with Crippen LogP contribution >= 0.6 is 23.4 Å². The summed E-state index contributed by atoms with van der Waals surface area (Å²) in [6, 6.07) is 10.8. The van der Waals surface area contributed by atoms with Crippen LogP contribution in [0.3, 0.4) is 0 Å².